The number of carbonyl (C=O) groups excluding carboxylic acids is 1. The van der Waals surface area contributed by atoms with Crippen molar-refractivity contribution in [2.75, 3.05) is 13.1 Å². The molecule has 0 fully saturated rings. The molecular weight excluding hydrogens is 295 g/mol. The summed E-state index contributed by atoms with van der Waals surface area (Å²) < 4.78 is 12.9. The zero-order valence-corrected chi connectivity index (χ0v) is 12.3. The summed E-state index contributed by atoms with van der Waals surface area (Å²) >= 11 is 0. The smallest absolute Gasteiger partial charge is 0.255 e. The van der Waals surface area contributed by atoms with Gasteiger partial charge in [-0.05, 0) is 43.7 Å². The number of hydrogen-bond donors (Lipinski definition) is 3. The van der Waals surface area contributed by atoms with E-state index in [1.807, 2.05) is 0 Å². The molecule has 0 saturated heterocycles. The SMILES string of the molecule is Cl.NCCCCNC(=O)c1cn[nH]c1-c1ccc(F)cc1. The predicted molar refractivity (Wildman–Crippen MR) is 81.9 cm³/mol. The lowest BCUT2D eigenvalue weighted by Gasteiger charge is -2.05. The topological polar surface area (TPSA) is 83.8 Å². The van der Waals surface area contributed by atoms with Gasteiger partial charge in [-0.1, -0.05) is 0 Å². The summed E-state index contributed by atoms with van der Waals surface area (Å²) in [5.74, 6) is -0.517. The highest BCUT2D eigenvalue weighted by molar-refractivity contribution is 5.99. The molecule has 1 aromatic carbocycles. The molecule has 0 aliphatic heterocycles. The van der Waals surface area contributed by atoms with Crippen LogP contribution in [0.15, 0.2) is 30.5 Å². The van der Waals surface area contributed by atoms with E-state index in [4.69, 9.17) is 5.73 Å². The van der Waals surface area contributed by atoms with Crippen LogP contribution in [0.25, 0.3) is 11.3 Å². The molecule has 1 aromatic heterocycles. The van der Waals surface area contributed by atoms with E-state index >= 15 is 0 Å². The van der Waals surface area contributed by atoms with E-state index in [0.717, 1.165) is 18.4 Å². The van der Waals surface area contributed by atoms with E-state index in [-0.39, 0.29) is 24.1 Å². The highest BCUT2D eigenvalue weighted by Crippen LogP contribution is 2.21. The molecule has 5 nitrogen and oxygen atoms in total. The molecule has 7 heteroatoms. The molecule has 114 valence electrons. The summed E-state index contributed by atoms with van der Waals surface area (Å²) in [6.45, 7) is 1.19. The summed E-state index contributed by atoms with van der Waals surface area (Å²) in [5.41, 5.74) is 7.15. The van der Waals surface area contributed by atoms with Gasteiger partial charge >= 0.3 is 0 Å². The van der Waals surface area contributed by atoms with Crippen molar-refractivity contribution >= 4 is 18.3 Å². The van der Waals surface area contributed by atoms with Gasteiger partial charge in [-0.25, -0.2) is 4.39 Å². The molecule has 0 spiro atoms. The van der Waals surface area contributed by atoms with E-state index in [2.05, 4.69) is 15.5 Å². The van der Waals surface area contributed by atoms with Crippen molar-refractivity contribution in [1.82, 2.24) is 15.5 Å². The van der Waals surface area contributed by atoms with Crippen LogP contribution < -0.4 is 11.1 Å². The van der Waals surface area contributed by atoms with E-state index < -0.39 is 0 Å². The number of nitrogens with zero attached hydrogens (tertiary/aromatic N) is 1. The number of benzene rings is 1. The Morgan fingerprint density at radius 3 is 2.67 bits per heavy atom. The van der Waals surface area contributed by atoms with Gasteiger partial charge in [0.1, 0.15) is 5.82 Å². The molecule has 0 radical (unpaired) electrons. The standard InChI is InChI=1S/C14H17FN4O.ClH/c15-11-5-3-10(4-6-11)13-12(9-18-19-13)14(20)17-8-2-1-7-16;/h3-6,9H,1-2,7-8,16H2,(H,17,20)(H,18,19);1H. The van der Waals surface area contributed by atoms with Gasteiger partial charge in [-0.3, -0.25) is 9.89 Å². The molecule has 1 heterocycles. The Balaban J connectivity index is 0.00000220. The van der Waals surface area contributed by atoms with Gasteiger partial charge in [-0.15, -0.1) is 12.4 Å². The summed E-state index contributed by atoms with van der Waals surface area (Å²) in [5, 5.41) is 9.47. The third-order valence-electron chi connectivity index (χ3n) is 2.93. The zero-order chi connectivity index (χ0) is 14.4. The van der Waals surface area contributed by atoms with Crippen LogP contribution in [0.1, 0.15) is 23.2 Å². The first kappa shape index (κ1) is 17.1. The second-order valence-electron chi connectivity index (χ2n) is 4.42. The molecule has 21 heavy (non-hydrogen) atoms. The maximum Gasteiger partial charge on any atom is 0.255 e. The van der Waals surface area contributed by atoms with Crippen molar-refractivity contribution in [3.8, 4) is 11.3 Å². The van der Waals surface area contributed by atoms with Crippen molar-refractivity contribution in [2.45, 2.75) is 12.8 Å². The molecule has 1 amide bonds. The van der Waals surface area contributed by atoms with Gasteiger partial charge < -0.3 is 11.1 Å². The summed E-state index contributed by atoms with van der Waals surface area (Å²) in [6.07, 6.45) is 3.18. The first-order valence-corrected chi connectivity index (χ1v) is 6.50. The van der Waals surface area contributed by atoms with Crippen LogP contribution in [-0.2, 0) is 0 Å². The first-order chi connectivity index (χ1) is 9.72. The van der Waals surface area contributed by atoms with Crippen LogP contribution in [-0.4, -0.2) is 29.2 Å². The number of carbonyl (C=O) groups is 1. The number of nitrogens with one attached hydrogen (secondary N) is 2. The van der Waals surface area contributed by atoms with E-state index in [1.165, 1.54) is 18.3 Å². The highest BCUT2D eigenvalue weighted by Gasteiger charge is 2.14. The number of hydrogen-bond acceptors (Lipinski definition) is 3. The number of H-pyrrole nitrogens is 1. The quantitative estimate of drug-likeness (QED) is 0.714. The van der Waals surface area contributed by atoms with Gasteiger partial charge in [-0.2, -0.15) is 5.10 Å². The lowest BCUT2D eigenvalue weighted by atomic mass is 10.1. The Bertz CT molecular complexity index is 571. The van der Waals surface area contributed by atoms with Crippen molar-refractivity contribution < 1.29 is 9.18 Å². The van der Waals surface area contributed by atoms with Crippen LogP contribution in [0.4, 0.5) is 4.39 Å². The maximum absolute atomic E-state index is 12.9. The minimum Gasteiger partial charge on any atom is -0.352 e. The van der Waals surface area contributed by atoms with Gasteiger partial charge in [0, 0.05) is 12.1 Å². The molecule has 0 aliphatic carbocycles. The average Bonchev–Trinajstić information content (AvgIpc) is 2.93. The van der Waals surface area contributed by atoms with Crippen LogP contribution in [0.3, 0.4) is 0 Å². The van der Waals surface area contributed by atoms with Crippen molar-refractivity contribution in [3.05, 3.63) is 41.8 Å². The van der Waals surface area contributed by atoms with Crippen LogP contribution in [0.2, 0.25) is 0 Å². The third kappa shape index (κ3) is 4.54. The molecular formula is C14H18ClFN4O. The van der Waals surface area contributed by atoms with Crippen LogP contribution in [0, 0.1) is 5.82 Å². The number of halogens is 2. The number of nitrogens with two attached hydrogens (primary N) is 1. The monoisotopic (exact) mass is 312 g/mol. The third-order valence-corrected chi connectivity index (χ3v) is 2.93. The second-order valence-corrected chi connectivity index (χ2v) is 4.42. The fourth-order valence-corrected chi connectivity index (χ4v) is 1.86. The minimum absolute atomic E-state index is 0. The van der Waals surface area contributed by atoms with E-state index in [1.54, 1.807) is 12.1 Å². The lowest BCUT2D eigenvalue weighted by molar-refractivity contribution is 0.0954. The molecule has 2 rings (SSSR count). The Hall–Kier alpha value is -1.92. The maximum atomic E-state index is 12.9. The Labute approximate surface area is 128 Å². The largest absolute Gasteiger partial charge is 0.352 e. The Morgan fingerprint density at radius 2 is 2.00 bits per heavy atom. The first-order valence-electron chi connectivity index (χ1n) is 6.50. The van der Waals surface area contributed by atoms with Gasteiger partial charge in [0.25, 0.3) is 5.91 Å². The molecule has 0 bridgehead atoms. The molecule has 2 aromatic rings. The summed E-state index contributed by atoms with van der Waals surface area (Å²) in [7, 11) is 0. The van der Waals surface area contributed by atoms with Crippen molar-refractivity contribution in [1.29, 1.82) is 0 Å². The van der Waals surface area contributed by atoms with Gasteiger partial charge in [0.15, 0.2) is 0 Å². The molecule has 0 atom stereocenters. The highest BCUT2D eigenvalue weighted by atomic mass is 35.5. The fourth-order valence-electron chi connectivity index (χ4n) is 1.86. The van der Waals surface area contributed by atoms with E-state index in [9.17, 15) is 9.18 Å². The number of unbranched alkanes of at least 4 members (excludes halogenated alkanes) is 1. The number of aromatic amines is 1. The molecule has 0 aliphatic rings. The fraction of sp³-hybridized carbons (Fsp3) is 0.286. The molecule has 0 saturated carbocycles. The van der Waals surface area contributed by atoms with Gasteiger partial charge in [0.2, 0.25) is 0 Å². The van der Waals surface area contributed by atoms with Crippen LogP contribution >= 0.6 is 12.4 Å². The van der Waals surface area contributed by atoms with Crippen molar-refractivity contribution in [3.63, 3.8) is 0 Å². The normalized spacial score (nSPS) is 10.0. The summed E-state index contributed by atoms with van der Waals surface area (Å²) in [6, 6.07) is 5.90. The Morgan fingerprint density at radius 1 is 1.29 bits per heavy atom. The number of aromatic nitrogens is 2. The van der Waals surface area contributed by atoms with Crippen LogP contribution in [0.5, 0.6) is 0 Å². The lowest BCUT2D eigenvalue weighted by Crippen LogP contribution is -2.25. The van der Waals surface area contributed by atoms with Crippen molar-refractivity contribution in [2.24, 2.45) is 5.73 Å². The Kier molecular flexibility index (Phi) is 6.84. The zero-order valence-electron chi connectivity index (χ0n) is 11.4. The number of rotatable bonds is 6. The number of amides is 1. The summed E-state index contributed by atoms with van der Waals surface area (Å²) in [4.78, 5) is 12.1. The minimum atomic E-state index is -0.318. The average molecular weight is 313 g/mol. The van der Waals surface area contributed by atoms with E-state index in [0.29, 0.717) is 24.3 Å². The molecule has 0 unspecified atom stereocenters. The molecule has 4 N–H and O–H groups in total. The second kappa shape index (κ2) is 8.39. The van der Waals surface area contributed by atoms with Gasteiger partial charge in [0.05, 0.1) is 17.5 Å². The predicted octanol–water partition coefficient (Wildman–Crippen LogP) is 2.11.